The number of nitrogens with zero attached hydrogens (tertiary/aromatic N) is 3. The van der Waals surface area contributed by atoms with Crippen LogP contribution in [-0.4, -0.2) is 38.7 Å². The molecule has 0 saturated heterocycles. The summed E-state index contributed by atoms with van der Waals surface area (Å²) >= 11 is 0. The Morgan fingerprint density at radius 3 is 2.85 bits per heavy atom. The summed E-state index contributed by atoms with van der Waals surface area (Å²) in [5.41, 5.74) is 1.11. The molecule has 0 radical (unpaired) electrons. The molecule has 0 aliphatic heterocycles. The first-order valence-corrected chi connectivity index (χ1v) is 6.64. The van der Waals surface area contributed by atoms with E-state index in [1.54, 1.807) is 10.9 Å². The maximum Gasteiger partial charge on any atom is 0.273 e. The molecule has 2 aromatic rings. The van der Waals surface area contributed by atoms with E-state index < -0.39 is 0 Å². The van der Waals surface area contributed by atoms with Crippen LogP contribution in [0.4, 0.5) is 0 Å². The molecule has 1 heterocycles. The van der Waals surface area contributed by atoms with Crippen LogP contribution in [0.25, 0.3) is 5.69 Å². The zero-order valence-electron chi connectivity index (χ0n) is 11.4. The molecule has 1 aromatic heterocycles. The van der Waals surface area contributed by atoms with E-state index in [-0.39, 0.29) is 17.7 Å². The van der Waals surface area contributed by atoms with Crippen molar-refractivity contribution in [2.75, 3.05) is 6.54 Å². The van der Waals surface area contributed by atoms with Gasteiger partial charge in [-0.15, -0.1) is 5.10 Å². The van der Waals surface area contributed by atoms with Crippen LogP contribution in [0.1, 0.15) is 30.3 Å². The summed E-state index contributed by atoms with van der Waals surface area (Å²) < 4.78 is 1.55. The van der Waals surface area contributed by atoms with Gasteiger partial charge < -0.3 is 10.4 Å². The second kappa shape index (κ2) is 6.81. The van der Waals surface area contributed by atoms with Crippen molar-refractivity contribution < 1.29 is 9.90 Å². The monoisotopic (exact) mass is 274 g/mol. The summed E-state index contributed by atoms with van der Waals surface area (Å²) in [7, 11) is 0. The highest BCUT2D eigenvalue weighted by molar-refractivity contribution is 5.91. The Labute approximate surface area is 117 Å². The number of hydrogen-bond acceptors (Lipinski definition) is 4. The molecule has 20 heavy (non-hydrogen) atoms. The van der Waals surface area contributed by atoms with Crippen LogP contribution in [0.15, 0.2) is 36.5 Å². The van der Waals surface area contributed by atoms with E-state index in [9.17, 15) is 9.90 Å². The van der Waals surface area contributed by atoms with Gasteiger partial charge in [-0.05, 0) is 25.0 Å². The van der Waals surface area contributed by atoms with Crippen molar-refractivity contribution in [1.82, 2.24) is 20.3 Å². The number of aliphatic hydroxyl groups is 1. The predicted molar refractivity (Wildman–Crippen MR) is 74.6 cm³/mol. The summed E-state index contributed by atoms with van der Waals surface area (Å²) in [5.74, 6) is -0.282. The highest BCUT2D eigenvalue weighted by Gasteiger charge is 2.11. The minimum Gasteiger partial charge on any atom is -0.393 e. The molecule has 1 aromatic carbocycles. The number of nitrogens with one attached hydrogen (secondary N) is 1. The van der Waals surface area contributed by atoms with E-state index in [2.05, 4.69) is 15.6 Å². The molecule has 0 fully saturated rings. The maximum atomic E-state index is 11.9. The van der Waals surface area contributed by atoms with E-state index >= 15 is 0 Å². The number of hydrogen-bond donors (Lipinski definition) is 2. The number of benzene rings is 1. The molecule has 6 nitrogen and oxygen atoms in total. The Kier molecular flexibility index (Phi) is 4.84. The summed E-state index contributed by atoms with van der Waals surface area (Å²) in [6.45, 7) is 2.32. The van der Waals surface area contributed by atoms with Crippen molar-refractivity contribution in [3.8, 4) is 5.69 Å². The highest BCUT2D eigenvalue weighted by Crippen LogP contribution is 2.05. The van der Waals surface area contributed by atoms with Crippen molar-refractivity contribution in [1.29, 1.82) is 0 Å². The van der Waals surface area contributed by atoms with Crippen molar-refractivity contribution >= 4 is 5.91 Å². The second-order valence-electron chi connectivity index (χ2n) is 4.49. The van der Waals surface area contributed by atoms with E-state index in [1.165, 1.54) is 0 Å². The van der Waals surface area contributed by atoms with E-state index in [4.69, 9.17) is 0 Å². The summed E-state index contributed by atoms with van der Waals surface area (Å²) in [6, 6.07) is 9.46. The Bertz CT molecular complexity index is 553. The minimum atomic E-state index is -0.379. The van der Waals surface area contributed by atoms with Gasteiger partial charge in [0.1, 0.15) is 0 Å². The fraction of sp³-hybridized carbons (Fsp3) is 0.357. The van der Waals surface area contributed by atoms with Gasteiger partial charge in [0, 0.05) is 6.54 Å². The lowest BCUT2D eigenvalue weighted by Gasteiger charge is -2.07. The normalized spacial score (nSPS) is 12.1. The van der Waals surface area contributed by atoms with Crippen molar-refractivity contribution in [2.24, 2.45) is 0 Å². The van der Waals surface area contributed by atoms with Gasteiger partial charge in [0.25, 0.3) is 5.91 Å². The van der Waals surface area contributed by atoms with Gasteiger partial charge in [0.15, 0.2) is 5.69 Å². The van der Waals surface area contributed by atoms with Gasteiger partial charge in [-0.1, -0.05) is 30.3 Å². The molecular formula is C14H18N4O2. The summed E-state index contributed by atoms with van der Waals surface area (Å²) in [4.78, 5) is 11.9. The number of aliphatic hydroxyl groups excluding tert-OH is 1. The van der Waals surface area contributed by atoms with E-state index in [1.807, 2.05) is 37.3 Å². The molecule has 0 bridgehead atoms. The Morgan fingerprint density at radius 1 is 1.40 bits per heavy atom. The van der Waals surface area contributed by atoms with Crippen molar-refractivity contribution in [3.63, 3.8) is 0 Å². The standard InChI is InChI=1S/C14H18N4O2/c1-2-12(19)8-9-15-14(20)13-10-18(17-16-13)11-6-4-3-5-7-11/h3-7,10,12,19H,2,8-9H2,1H3,(H,15,20). The van der Waals surface area contributed by atoms with Crippen LogP contribution in [0, 0.1) is 0 Å². The average Bonchev–Trinajstić information content (AvgIpc) is 2.97. The zero-order valence-corrected chi connectivity index (χ0v) is 11.4. The van der Waals surface area contributed by atoms with Crippen LogP contribution >= 0.6 is 0 Å². The zero-order chi connectivity index (χ0) is 14.4. The Hall–Kier alpha value is -2.21. The first kappa shape index (κ1) is 14.2. The number of rotatable bonds is 6. The van der Waals surface area contributed by atoms with Crippen LogP contribution in [0.5, 0.6) is 0 Å². The first-order chi connectivity index (χ1) is 9.70. The Balaban J connectivity index is 1.93. The third kappa shape index (κ3) is 3.64. The minimum absolute atomic E-state index is 0.264. The Morgan fingerprint density at radius 2 is 2.15 bits per heavy atom. The summed E-state index contributed by atoms with van der Waals surface area (Å²) in [6.07, 6.45) is 2.42. The van der Waals surface area contributed by atoms with Crippen LogP contribution in [0.2, 0.25) is 0 Å². The quantitative estimate of drug-likeness (QED) is 0.828. The lowest BCUT2D eigenvalue weighted by Crippen LogP contribution is -2.27. The molecule has 1 unspecified atom stereocenters. The topological polar surface area (TPSA) is 80.0 Å². The molecular weight excluding hydrogens is 256 g/mol. The lowest BCUT2D eigenvalue weighted by molar-refractivity contribution is 0.0937. The molecule has 1 atom stereocenters. The molecule has 0 saturated carbocycles. The van der Waals surface area contributed by atoms with Crippen molar-refractivity contribution in [3.05, 3.63) is 42.2 Å². The van der Waals surface area contributed by atoms with Crippen LogP contribution in [0.3, 0.4) is 0 Å². The van der Waals surface area contributed by atoms with Crippen LogP contribution in [-0.2, 0) is 0 Å². The average molecular weight is 274 g/mol. The van der Waals surface area contributed by atoms with Gasteiger partial charge in [-0.3, -0.25) is 4.79 Å². The number of para-hydroxylation sites is 1. The van der Waals surface area contributed by atoms with Gasteiger partial charge >= 0.3 is 0 Å². The van der Waals surface area contributed by atoms with E-state index in [0.29, 0.717) is 19.4 Å². The smallest absolute Gasteiger partial charge is 0.273 e. The molecule has 106 valence electrons. The lowest BCUT2D eigenvalue weighted by atomic mass is 10.2. The van der Waals surface area contributed by atoms with Crippen molar-refractivity contribution in [2.45, 2.75) is 25.9 Å². The third-order valence-electron chi connectivity index (χ3n) is 2.98. The molecule has 0 spiro atoms. The molecule has 0 aliphatic rings. The second-order valence-corrected chi connectivity index (χ2v) is 4.49. The van der Waals surface area contributed by atoms with Crippen LogP contribution < -0.4 is 5.32 Å². The van der Waals surface area contributed by atoms with Gasteiger partial charge in [0.2, 0.25) is 0 Å². The number of aromatic nitrogens is 3. The third-order valence-corrected chi connectivity index (χ3v) is 2.98. The maximum absolute atomic E-state index is 11.9. The van der Waals surface area contributed by atoms with Gasteiger partial charge in [0.05, 0.1) is 18.0 Å². The number of amides is 1. The first-order valence-electron chi connectivity index (χ1n) is 6.64. The number of carbonyl (C=O) groups is 1. The molecule has 0 aliphatic carbocycles. The molecule has 2 rings (SSSR count). The highest BCUT2D eigenvalue weighted by atomic mass is 16.3. The SMILES string of the molecule is CCC(O)CCNC(=O)c1cn(-c2ccccc2)nn1. The predicted octanol–water partition coefficient (Wildman–Crippen LogP) is 1.16. The fourth-order valence-corrected chi connectivity index (χ4v) is 1.72. The molecule has 1 amide bonds. The van der Waals surface area contributed by atoms with Gasteiger partial charge in [-0.2, -0.15) is 0 Å². The van der Waals surface area contributed by atoms with Gasteiger partial charge in [-0.25, -0.2) is 4.68 Å². The molecule has 6 heteroatoms. The fourth-order valence-electron chi connectivity index (χ4n) is 1.72. The largest absolute Gasteiger partial charge is 0.393 e. The summed E-state index contributed by atoms with van der Waals surface area (Å²) in [5, 5.41) is 19.9. The number of carbonyl (C=O) groups excluding carboxylic acids is 1. The van der Waals surface area contributed by atoms with E-state index in [0.717, 1.165) is 5.69 Å². The molecule has 2 N–H and O–H groups in total.